The Labute approximate surface area is 195 Å². The van der Waals surface area contributed by atoms with Crippen molar-refractivity contribution in [2.24, 2.45) is 0 Å². The van der Waals surface area contributed by atoms with Crippen LogP contribution >= 0.6 is 0 Å². The third-order valence-corrected chi connectivity index (χ3v) is 6.80. The Kier molecular flexibility index (Phi) is 6.37. The minimum atomic E-state index is 0.0669. The summed E-state index contributed by atoms with van der Waals surface area (Å²) in [4.78, 5) is 24.7. The summed E-state index contributed by atoms with van der Waals surface area (Å²) in [7, 11) is 0. The average molecular weight is 445 g/mol. The zero-order valence-corrected chi connectivity index (χ0v) is 19.3. The predicted molar refractivity (Wildman–Crippen MR) is 129 cm³/mol. The Balaban J connectivity index is 1.33. The lowest BCUT2D eigenvalue weighted by atomic mass is 9.92. The smallest absolute Gasteiger partial charge is 0.274 e. The average Bonchev–Trinajstić information content (AvgIpc) is 3.20. The summed E-state index contributed by atoms with van der Waals surface area (Å²) in [6, 6.07) is 9.95. The van der Waals surface area contributed by atoms with E-state index in [1.807, 2.05) is 36.1 Å². The molecule has 1 amide bonds. The monoisotopic (exact) mass is 444 g/mol. The van der Waals surface area contributed by atoms with Gasteiger partial charge in [-0.3, -0.25) is 14.9 Å². The second kappa shape index (κ2) is 9.73. The largest absolute Gasteiger partial charge is 0.340 e. The van der Waals surface area contributed by atoms with Crippen LogP contribution in [0.2, 0.25) is 0 Å². The van der Waals surface area contributed by atoms with Gasteiger partial charge in [0.1, 0.15) is 5.82 Å². The number of amides is 1. The highest BCUT2D eigenvalue weighted by molar-refractivity contribution is 5.94. The van der Waals surface area contributed by atoms with E-state index >= 15 is 0 Å². The van der Waals surface area contributed by atoms with E-state index in [0.717, 1.165) is 72.8 Å². The maximum atomic E-state index is 13.5. The highest BCUT2D eigenvalue weighted by atomic mass is 16.2. The summed E-state index contributed by atoms with van der Waals surface area (Å²) >= 11 is 0. The summed E-state index contributed by atoms with van der Waals surface area (Å²) in [5, 5.41) is 11.0. The fraction of sp³-hybridized carbons (Fsp3) is 0.462. The van der Waals surface area contributed by atoms with Crippen LogP contribution in [0.4, 0.5) is 11.5 Å². The standard InChI is InChI=1S/C26H32N6O/c1-18-15-20(29-24-12-6-7-13-27-24)16-23(28-18)19-9-8-14-32(17-19)26(33)25-21-10-4-2-3-5-11-22(21)30-31-25/h6-7,12-13,15-16,19H,2-5,8-11,14,17H2,1H3,(H,30,31)(H,27,28,29)/t19-/m1/s1. The normalized spacial score (nSPS) is 18.8. The van der Waals surface area contributed by atoms with Gasteiger partial charge >= 0.3 is 0 Å². The molecular formula is C26H32N6O. The quantitative estimate of drug-likeness (QED) is 0.596. The molecule has 0 saturated carbocycles. The van der Waals surface area contributed by atoms with E-state index in [1.165, 1.54) is 19.3 Å². The lowest BCUT2D eigenvalue weighted by Crippen LogP contribution is -2.40. The van der Waals surface area contributed by atoms with Crippen LogP contribution in [0, 0.1) is 6.92 Å². The topological polar surface area (TPSA) is 86.8 Å². The third kappa shape index (κ3) is 4.92. The van der Waals surface area contributed by atoms with E-state index in [-0.39, 0.29) is 11.8 Å². The maximum Gasteiger partial charge on any atom is 0.274 e. The molecule has 0 bridgehead atoms. The molecule has 0 unspecified atom stereocenters. The molecule has 1 aliphatic heterocycles. The summed E-state index contributed by atoms with van der Waals surface area (Å²) in [5.41, 5.74) is 5.93. The Morgan fingerprint density at radius 2 is 2.00 bits per heavy atom. The Hall–Kier alpha value is -3.22. The van der Waals surface area contributed by atoms with Crippen LogP contribution in [0.5, 0.6) is 0 Å². The highest BCUT2D eigenvalue weighted by Gasteiger charge is 2.30. The minimum absolute atomic E-state index is 0.0669. The fourth-order valence-corrected chi connectivity index (χ4v) is 5.12. The number of anilines is 2. The fourth-order valence-electron chi connectivity index (χ4n) is 5.12. The molecule has 1 aliphatic carbocycles. The van der Waals surface area contributed by atoms with Gasteiger partial charge in [0.05, 0.1) is 0 Å². The second-order valence-corrected chi connectivity index (χ2v) is 9.30. The molecule has 2 aliphatic rings. The zero-order valence-electron chi connectivity index (χ0n) is 19.3. The van der Waals surface area contributed by atoms with E-state index in [2.05, 4.69) is 26.6 Å². The molecule has 0 radical (unpaired) electrons. The van der Waals surface area contributed by atoms with Gasteiger partial charge in [-0.1, -0.05) is 18.9 Å². The molecule has 0 spiro atoms. The Bertz CT molecular complexity index is 1110. The molecule has 4 heterocycles. The number of aryl methyl sites for hydroxylation is 2. The van der Waals surface area contributed by atoms with E-state index in [9.17, 15) is 4.79 Å². The number of hydrogen-bond acceptors (Lipinski definition) is 5. The van der Waals surface area contributed by atoms with Crippen LogP contribution in [0.3, 0.4) is 0 Å². The third-order valence-electron chi connectivity index (χ3n) is 6.80. The van der Waals surface area contributed by atoms with Crippen molar-refractivity contribution in [2.45, 2.75) is 64.2 Å². The van der Waals surface area contributed by atoms with Crippen molar-refractivity contribution in [2.75, 3.05) is 18.4 Å². The predicted octanol–water partition coefficient (Wildman–Crippen LogP) is 4.93. The summed E-state index contributed by atoms with van der Waals surface area (Å²) in [5.74, 6) is 1.09. The lowest BCUT2D eigenvalue weighted by molar-refractivity contribution is 0.0698. The molecule has 1 saturated heterocycles. The first-order valence-corrected chi connectivity index (χ1v) is 12.2. The molecule has 1 atom stereocenters. The molecule has 7 nitrogen and oxygen atoms in total. The number of H-pyrrole nitrogens is 1. The number of pyridine rings is 2. The molecule has 1 fully saturated rings. The molecule has 3 aromatic rings. The number of aromatic amines is 1. The maximum absolute atomic E-state index is 13.5. The number of carbonyl (C=O) groups excluding carboxylic acids is 1. The van der Waals surface area contributed by atoms with Gasteiger partial charge in [0.2, 0.25) is 0 Å². The van der Waals surface area contributed by atoms with Crippen molar-refractivity contribution in [3.05, 3.63) is 64.9 Å². The van der Waals surface area contributed by atoms with Gasteiger partial charge in [-0.05, 0) is 69.7 Å². The first-order chi connectivity index (χ1) is 16.2. The lowest BCUT2D eigenvalue weighted by Gasteiger charge is -2.32. The van der Waals surface area contributed by atoms with E-state index in [0.29, 0.717) is 12.2 Å². The number of carbonyl (C=O) groups is 1. The van der Waals surface area contributed by atoms with E-state index < -0.39 is 0 Å². The summed E-state index contributed by atoms with van der Waals surface area (Å²) in [6.45, 7) is 3.47. The van der Waals surface area contributed by atoms with Gasteiger partial charge in [-0.25, -0.2) is 4.98 Å². The molecule has 33 heavy (non-hydrogen) atoms. The van der Waals surface area contributed by atoms with Crippen LogP contribution < -0.4 is 5.32 Å². The van der Waals surface area contributed by atoms with Gasteiger partial charge in [-0.15, -0.1) is 0 Å². The number of piperidine rings is 1. The summed E-state index contributed by atoms with van der Waals surface area (Å²) in [6.07, 6.45) is 10.5. The van der Waals surface area contributed by atoms with Crippen molar-refractivity contribution in [1.82, 2.24) is 25.1 Å². The molecule has 3 aromatic heterocycles. The van der Waals surface area contributed by atoms with Crippen molar-refractivity contribution in [3.8, 4) is 0 Å². The van der Waals surface area contributed by atoms with Crippen molar-refractivity contribution in [3.63, 3.8) is 0 Å². The molecule has 2 N–H and O–H groups in total. The van der Waals surface area contributed by atoms with E-state index in [4.69, 9.17) is 4.98 Å². The van der Waals surface area contributed by atoms with Crippen LogP contribution in [-0.4, -0.2) is 44.1 Å². The number of nitrogens with one attached hydrogen (secondary N) is 2. The number of nitrogens with zero attached hydrogens (tertiary/aromatic N) is 4. The number of fused-ring (bicyclic) bond motifs is 1. The highest BCUT2D eigenvalue weighted by Crippen LogP contribution is 2.30. The number of rotatable bonds is 4. The van der Waals surface area contributed by atoms with Crippen molar-refractivity contribution < 1.29 is 4.79 Å². The SMILES string of the molecule is Cc1cc(Nc2ccccn2)cc([C@@H]2CCCN(C(=O)c3n[nH]c4c3CCCCCC4)C2)n1. The van der Waals surface area contributed by atoms with Crippen LogP contribution in [0.15, 0.2) is 36.5 Å². The first-order valence-electron chi connectivity index (χ1n) is 12.2. The number of hydrogen-bond donors (Lipinski definition) is 2. The Morgan fingerprint density at radius 1 is 1.12 bits per heavy atom. The van der Waals surface area contributed by atoms with Crippen molar-refractivity contribution in [1.29, 1.82) is 0 Å². The number of likely N-dealkylation sites (tertiary alicyclic amines) is 1. The molecule has 172 valence electrons. The summed E-state index contributed by atoms with van der Waals surface area (Å²) < 4.78 is 0. The van der Waals surface area contributed by atoms with Crippen LogP contribution in [-0.2, 0) is 12.8 Å². The van der Waals surface area contributed by atoms with Gasteiger partial charge in [0, 0.05) is 53.5 Å². The van der Waals surface area contributed by atoms with Crippen LogP contribution in [0.25, 0.3) is 0 Å². The van der Waals surface area contributed by atoms with Crippen LogP contribution in [0.1, 0.15) is 77.6 Å². The first kappa shape index (κ1) is 21.6. The van der Waals surface area contributed by atoms with Gasteiger partial charge in [0.25, 0.3) is 5.91 Å². The second-order valence-electron chi connectivity index (χ2n) is 9.30. The Morgan fingerprint density at radius 3 is 2.85 bits per heavy atom. The zero-order chi connectivity index (χ0) is 22.6. The molecule has 5 rings (SSSR count). The van der Waals surface area contributed by atoms with Gasteiger partial charge in [0.15, 0.2) is 5.69 Å². The minimum Gasteiger partial charge on any atom is -0.340 e. The van der Waals surface area contributed by atoms with Gasteiger partial charge in [-0.2, -0.15) is 5.10 Å². The molecule has 0 aromatic carbocycles. The van der Waals surface area contributed by atoms with Crippen molar-refractivity contribution >= 4 is 17.4 Å². The number of aromatic nitrogens is 4. The van der Waals surface area contributed by atoms with E-state index in [1.54, 1.807) is 6.20 Å². The molecule has 7 heteroatoms. The molecular weight excluding hydrogens is 412 g/mol. The van der Waals surface area contributed by atoms with Gasteiger partial charge < -0.3 is 10.2 Å².